The van der Waals surface area contributed by atoms with Gasteiger partial charge in [-0.25, -0.2) is 4.98 Å². The molecule has 0 saturated heterocycles. The Morgan fingerprint density at radius 1 is 0.903 bits per heavy atom. The predicted molar refractivity (Wildman–Crippen MR) is 129 cm³/mol. The molecule has 0 aliphatic heterocycles. The summed E-state index contributed by atoms with van der Waals surface area (Å²) in [5.41, 5.74) is 3.82. The Balaban J connectivity index is 1.57. The molecule has 0 amide bonds. The predicted octanol–water partition coefficient (Wildman–Crippen LogP) is 6.47. The number of hydrogen-bond donors (Lipinski definition) is 0. The van der Waals surface area contributed by atoms with Crippen molar-refractivity contribution in [2.45, 2.75) is 40.5 Å². The van der Waals surface area contributed by atoms with E-state index in [1.54, 1.807) is 10.6 Å². The molecule has 0 unspecified atom stereocenters. The van der Waals surface area contributed by atoms with E-state index in [9.17, 15) is 4.79 Å². The van der Waals surface area contributed by atoms with Gasteiger partial charge in [0.05, 0.1) is 5.69 Å². The fraction of sp³-hybridized carbons (Fsp3) is 0.259. The van der Waals surface area contributed by atoms with Crippen molar-refractivity contribution in [2.24, 2.45) is 5.41 Å². The van der Waals surface area contributed by atoms with Gasteiger partial charge in [0.15, 0.2) is 0 Å². The van der Waals surface area contributed by atoms with Crippen molar-refractivity contribution >= 4 is 22.4 Å². The lowest BCUT2D eigenvalue weighted by Crippen LogP contribution is -2.22. The minimum atomic E-state index is -0.0922. The van der Waals surface area contributed by atoms with Crippen molar-refractivity contribution in [3.8, 4) is 5.69 Å². The largest absolute Gasteiger partial charge is 0.269 e. The average Bonchev–Trinajstić information content (AvgIpc) is 2.69. The first kappa shape index (κ1) is 21.3. The van der Waals surface area contributed by atoms with Crippen molar-refractivity contribution in [3.63, 3.8) is 0 Å². The quantitative estimate of drug-likeness (QED) is 0.363. The van der Waals surface area contributed by atoms with Gasteiger partial charge in [0, 0.05) is 16.8 Å². The Hall–Kier alpha value is -2.91. The first-order valence-corrected chi connectivity index (χ1v) is 10.9. The molecular formula is C27H27ClN2O. The van der Waals surface area contributed by atoms with E-state index in [2.05, 4.69) is 61.3 Å². The highest BCUT2D eigenvalue weighted by Crippen LogP contribution is 2.32. The minimum absolute atomic E-state index is 0.0335. The molecule has 4 aromatic rings. The molecule has 3 nitrogen and oxygen atoms in total. The zero-order valence-electron chi connectivity index (χ0n) is 18.4. The second-order valence-corrected chi connectivity index (χ2v) is 9.50. The molecule has 4 rings (SSSR count). The van der Waals surface area contributed by atoms with E-state index < -0.39 is 0 Å². The first-order valence-electron chi connectivity index (χ1n) is 10.6. The molecular weight excluding hydrogens is 404 g/mol. The number of hydrogen-bond acceptors (Lipinski definition) is 2. The van der Waals surface area contributed by atoms with Gasteiger partial charge in [-0.15, -0.1) is 0 Å². The van der Waals surface area contributed by atoms with Crippen LogP contribution < -0.4 is 5.56 Å². The molecule has 31 heavy (non-hydrogen) atoms. The molecule has 0 spiro atoms. The van der Waals surface area contributed by atoms with Gasteiger partial charge in [-0.2, -0.15) is 0 Å². The third-order valence-electron chi connectivity index (χ3n) is 5.67. The summed E-state index contributed by atoms with van der Waals surface area (Å²) in [6.45, 7) is 8.20. The van der Waals surface area contributed by atoms with Gasteiger partial charge >= 0.3 is 0 Å². The second kappa shape index (κ2) is 8.32. The van der Waals surface area contributed by atoms with E-state index in [4.69, 9.17) is 11.6 Å². The van der Waals surface area contributed by atoms with Crippen LogP contribution in [0.2, 0.25) is 5.02 Å². The standard InChI is InChI=1S/C27H27ClN2O/c1-18-13-26(31)30(19(2)29-18)24-12-11-23(25(28)15-24)17-27(3,4)16-20-9-10-21-7-5-6-8-22(21)14-20/h5-15H,16-17H2,1-4H3. The van der Waals surface area contributed by atoms with Gasteiger partial charge in [0.1, 0.15) is 5.82 Å². The number of benzene rings is 3. The molecule has 0 bridgehead atoms. The summed E-state index contributed by atoms with van der Waals surface area (Å²) in [7, 11) is 0. The smallest absolute Gasteiger partial charge is 0.258 e. The molecule has 158 valence electrons. The highest BCUT2D eigenvalue weighted by molar-refractivity contribution is 6.31. The molecule has 0 radical (unpaired) electrons. The summed E-state index contributed by atoms with van der Waals surface area (Å²) in [6.07, 6.45) is 1.80. The molecule has 0 aliphatic rings. The van der Waals surface area contributed by atoms with E-state index >= 15 is 0 Å². The summed E-state index contributed by atoms with van der Waals surface area (Å²) < 4.78 is 1.60. The minimum Gasteiger partial charge on any atom is -0.269 e. The number of rotatable bonds is 5. The molecule has 3 aromatic carbocycles. The highest BCUT2D eigenvalue weighted by Gasteiger charge is 2.21. The van der Waals surface area contributed by atoms with Crippen LogP contribution in [0.5, 0.6) is 0 Å². The zero-order chi connectivity index (χ0) is 22.2. The summed E-state index contributed by atoms with van der Waals surface area (Å²) in [5.74, 6) is 0.658. The maximum absolute atomic E-state index is 12.5. The lowest BCUT2D eigenvalue weighted by atomic mass is 9.80. The molecule has 0 N–H and O–H groups in total. The average molecular weight is 431 g/mol. The monoisotopic (exact) mass is 430 g/mol. The maximum Gasteiger partial charge on any atom is 0.258 e. The van der Waals surface area contributed by atoms with Crippen molar-refractivity contribution < 1.29 is 0 Å². The van der Waals surface area contributed by atoms with Crippen molar-refractivity contribution in [2.75, 3.05) is 0 Å². The topological polar surface area (TPSA) is 34.9 Å². The van der Waals surface area contributed by atoms with Crippen LogP contribution in [0.1, 0.15) is 36.5 Å². The van der Waals surface area contributed by atoms with Crippen LogP contribution in [0.25, 0.3) is 16.5 Å². The van der Waals surface area contributed by atoms with Crippen molar-refractivity contribution in [3.05, 3.63) is 105 Å². The number of aryl methyl sites for hydroxylation is 2. The number of halogens is 1. The Morgan fingerprint density at radius 2 is 1.65 bits per heavy atom. The normalized spacial score (nSPS) is 11.8. The first-order chi connectivity index (χ1) is 14.7. The lowest BCUT2D eigenvalue weighted by Gasteiger charge is -2.26. The third-order valence-corrected chi connectivity index (χ3v) is 6.03. The second-order valence-electron chi connectivity index (χ2n) is 9.09. The Morgan fingerprint density at radius 3 is 2.35 bits per heavy atom. The van der Waals surface area contributed by atoms with Crippen LogP contribution in [0.15, 0.2) is 71.5 Å². The van der Waals surface area contributed by atoms with E-state index in [0.29, 0.717) is 10.8 Å². The summed E-state index contributed by atoms with van der Waals surface area (Å²) in [5, 5.41) is 3.21. The lowest BCUT2D eigenvalue weighted by molar-refractivity contribution is 0.361. The molecule has 0 fully saturated rings. The van der Waals surface area contributed by atoms with Gasteiger partial charge in [-0.3, -0.25) is 9.36 Å². The molecule has 4 heteroatoms. The Kier molecular flexibility index (Phi) is 5.72. The molecule has 1 aromatic heterocycles. The van der Waals surface area contributed by atoms with Gasteiger partial charge in [0.25, 0.3) is 5.56 Å². The molecule has 1 heterocycles. The van der Waals surface area contributed by atoms with Crippen LogP contribution in [0.3, 0.4) is 0 Å². The molecule has 0 saturated carbocycles. The van der Waals surface area contributed by atoms with E-state index in [0.717, 1.165) is 29.8 Å². The fourth-order valence-electron chi connectivity index (χ4n) is 4.35. The van der Waals surface area contributed by atoms with Crippen LogP contribution in [0, 0.1) is 19.3 Å². The maximum atomic E-state index is 12.5. The third kappa shape index (κ3) is 4.72. The number of aromatic nitrogens is 2. The number of nitrogens with zero attached hydrogens (tertiary/aromatic N) is 2. The highest BCUT2D eigenvalue weighted by atomic mass is 35.5. The summed E-state index contributed by atoms with van der Waals surface area (Å²) >= 11 is 6.67. The Labute approximate surface area is 188 Å². The fourth-order valence-corrected chi connectivity index (χ4v) is 4.59. The van der Waals surface area contributed by atoms with Crippen LogP contribution in [0.4, 0.5) is 0 Å². The van der Waals surface area contributed by atoms with Gasteiger partial charge in [-0.1, -0.05) is 74.0 Å². The molecule has 0 aliphatic carbocycles. The van der Waals surface area contributed by atoms with E-state index in [-0.39, 0.29) is 11.0 Å². The zero-order valence-corrected chi connectivity index (χ0v) is 19.2. The van der Waals surface area contributed by atoms with Gasteiger partial charge < -0.3 is 0 Å². The Bertz CT molecular complexity index is 1320. The van der Waals surface area contributed by atoms with Crippen molar-refractivity contribution in [1.29, 1.82) is 0 Å². The SMILES string of the molecule is Cc1cc(=O)n(-c2ccc(CC(C)(C)Cc3ccc4ccccc4c3)c(Cl)c2)c(C)n1. The van der Waals surface area contributed by atoms with Gasteiger partial charge in [0.2, 0.25) is 0 Å². The summed E-state index contributed by atoms with van der Waals surface area (Å²) in [6, 6.07) is 22.5. The summed E-state index contributed by atoms with van der Waals surface area (Å²) in [4.78, 5) is 16.9. The van der Waals surface area contributed by atoms with E-state index in [1.807, 2.05) is 32.0 Å². The molecule has 0 atom stereocenters. The van der Waals surface area contributed by atoms with Crippen LogP contribution >= 0.6 is 11.6 Å². The van der Waals surface area contributed by atoms with Crippen LogP contribution in [-0.2, 0) is 12.8 Å². The van der Waals surface area contributed by atoms with Crippen molar-refractivity contribution in [1.82, 2.24) is 9.55 Å². The van der Waals surface area contributed by atoms with Crippen LogP contribution in [-0.4, -0.2) is 9.55 Å². The number of fused-ring (bicyclic) bond motifs is 1. The van der Waals surface area contributed by atoms with E-state index in [1.165, 1.54) is 16.3 Å². The van der Waals surface area contributed by atoms with Gasteiger partial charge in [-0.05, 0) is 66.1 Å².